The smallest absolute Gasteiger partial charge is 0.119 e. The molecule has 1 heterocycles. The molecular formula is C19H27NO. The first kappa shape index (κ1) is 13.6. The molecule has 3 aliphatic rings. The van der Waals surface area contributed by atoms with Gasteiger partial charge < -0.3 is 9.64 Å². The molecule has 0 aromatic heterocycles. The maximum Gasteiger partial charge on any atom is 0.119 e. The molecule has 1 aromatic rings. The summed E-state index contributed by atoms with van der Waals surface area (Å²) in [6, 6.07) is 7.63. The SMILES string of the molecule is COc1ccc2c(c1)[C@]13CCCC[C@H]1[C@H](C2)N(C)CCC3. The van der Waals surface area contributed by atoms with Gasteiger partial charge in [-0.2, -0.15) is 0 Å². The van der Waals surface area contributed by atoms with Gasteiger partial charge in [0.05, 0.1) is 7.11 Å². The van der Waals surface area contributed by atoms with Crippen LogP contribution in [0.3, 0.4) is 0 Å². The molecular weight excluding hydrogens is 258 g/mol. The van der Waals surface area contributed by atoms with Gasteiger partial charge in [0.1, 0.15) is 5.75 Å². The van der Waals surface area contributed by atoms with Crippen LogP contribution in [-0.4, -0.2) is 31.6 Å². The Morgan fingerprint density at radius 1 is 1.19 bits per heavy atom. The monoisotopic (exact) mass is 285 g/mol. The molecule has 114 valence electrons. The van der Waals surface area contributed by atoms with Gasteiger partial charge in [-0.05, 0) is 74.9 Å². The van der Waals surface area contributed by atoms with Gasteiger partial charge in [0.25, 0.3) is 0 Å². The Labute approximate surface area is 128 Å². The van der Waals surface area contributed by atoms with Crippen LogP contribution in [0.2, 0.25) is 0 Å². The fraction of sp³-hybridized carbons (Fsp3) is 0.684. The Kier molecular flexibility index (Phi) is 3.25. The van der Waals surface area contributed by atoms with Crippen LogP contribution in [0.25, 0.3) is 0 Å². The van der Waals surface area contributed by atoms with Crippen LogP contribution in [0, 0.1) is 5.92 Å². The van der Waals surface area contributed by atoms with Gasteiger partial charge in [-0.1, -0.05) is 18.9 Å². The van der Waals surface area contributed by atoms with Gasteiger partial charge in [-0.3, -0.25) is 0 Å². The highest BCUT2D eigenvalue weighted by Crippen LogP contribution is 2.55. The zero-order valence-electron chi connectivity index (χ0n) is 13.4. The Hall–Kier alpha value is -1.02. The summed E-state index contributed by atoms with van der Waals surface area (Å²) in [7, 11) is 4.15. The van der Waals surface area contributed by atoms with E-state index in [1.165, 1.54) is 51.5 Å². The van der Waals surface area contributed by atoms with E-state index in [0.29, 0.717) is 5.41 Å². The van der Waals surface area contributed by atoms with E-state index in [4.69, 9.17) is 4.74 Å². The van der Waals surface area contributed by atoms with Crippen molar-refractivity contribution in [3.63, 3.8) is 0 Å². The lowest BCUT2D eigenvalue weighted by Crippen LogP contribution is -2.52. The largest absolute Gasteiger partial charge is 0.497 e. The van der Waals surface area contributed by atoms with Crippen LogP contribution >= 0.6 is 0 Å². The van der Waals surface area contributed by atoms with Crippen molar-refractivity contribution >= 4 is 0 Å². The zero-order valence-corrected chi connectivity index (χ0v) is 13.4. The number of rotatable bonds is 1. The van der Waals surface area contributed by atoms with Crippen molar-refractivity contribution in [2.45, 2.75) is 56.4 Å². The lowest BCUT2D eigenvalue weighted by molar-refractivity contribution is 0.0818. The molecule has 21 heavy (non-hydrogen) atoms. The summed E-state index contributed by atoms with van der Waals surface area (Å²) in [4.78, 5) is 2.66. The normalized spacial score (nSPS) is 35.5. The topological polar surface area (TPSA) is 12.5 Å². The second kappa shape index (κ2) is 5.01. The minimum atomic E-state index is 0.440. The minimum absolute atomic E-state index is 0.440. The summed E-state index contributed by atoms with van der Waals surface area (Å²) in [6.07, 6.45) is 9.61. The summed E-state index contributed by atoms with van der Waals surface area (Å²) < 4.78 is 5.54. The van der Waals surface area contributed by atoms with Crippen LogP contribution < -0.4 is 4.74 Å². The van der Waals surface area contributed by atoms with Crippen molar-refractivity contribution in [1.82, 2.24) is 4.90 Å². The maximum atomic E-state index is 5.54. The van der Waals surface area contributed by atoms with E-state index in [1.807, 2.05) is 0 Å². The van der Waals surface area contributed by atoms with Crippen LogP contribution in [0.15, 0.2) is 18.2 Å². The number of likely N-dealkylation sites (N-methyl/N-ethyl adjacent to an activating group) is 1. The van der Waals surface area contributed by atoms with Crippen LogP contribution in [0.1, 0.15) is 49.7 Å². The number of hydrogen-bond acceptors (Lipinski definition) is 2. The lowest BCUT2D eigenvalue weighted by atomic mass is 9.54. The molecule has 3 atom stereocenters. The quantitative estimate of drug-likeness (QED) is 0.778. The first-order chi connectivity index (χ1) is 10.2. The van der Waals surface area contributed by atoms with Crippen LogP contribution in [-0.2, 0) is 11.8 Å². The number of fused-ring (bicyclic) bond motifs is 1. The fourth-order valence-electron chi connectivity index (χ4n) is 5.57. The van der Waals surface area contributed by atoms with E-state index in [-0.39, 0.29) is 0 Å². The third-order valence-corrected chi connectivity index (χ3v) is 6.54. The van der Waals surface area contributed by atoms with Crippen molar-refractivity contribution in [2.24, 2.45) is 5.92 Å². The molecule has 1 saturated carbocycles. The molecule has 0 unspecified atom stereocenters. The Bertz CT molecular complexity index is 540. The van der Waals surface area contributed by atoms with Gasteiger partial charge in [0.15, 0.2) is 0 Å². The fourth-order valence-corrected chi connectivity index (χ4v) is 5.57. The number of benzene rings is 1. The number of hydrogen-bond donors (Lipinski definition) is 0. The Morgan fingerprint density at radius 3 is 2.90 bits per heavy atom. The average Bonchev–Trinajstić information content (AvgIpc) is 2.63. The minimum Gasteiger partial charge on any atom is -0.497 e. The van der Waals surface area contributed by atoms with Crippen molar-refractivity contribution < 1.29 is 4.74 Å². The average molecular weight is 285 g/mol. The summed E-state index contributed by atoms with van der Waals surface area (Å²) in [6.45, 7) is 1.27. The van der Waals surface area contributed by atoms with Crippen molar-refractivity contribution in [3.05, 3.63) is 29.3 Å². The molecule has 0 spiro atoms. The van der Waals surface area contributed by atoms with Gasteiger partial charge >= 0.3 is 0 Å². The van der Waals surface area contributed by atoms with E-state index in [9.17, 15) is 0 Å². The Morgan fingerprint density at radius 2 is 2.05 bits per heavy atom. The van der Waals surface area contributed by atoms with E-state index in [1.54, 1.807) is 18.2 Å². The maximum absolute atomic E-state index is 5.54. The molecule has 2 bridgehead atoms. The molecule has 0 amide bonds. The predicted molar refractivity (Wildman–Crippen MR) is 86.0 cm³/mol. The highest BCUT2D eigenvalue weighted by molar-refractivity contribution is 5.45. The van der Waals surface area contributed by atoms with Gasteiger partial charge in [-0.15, -0.1) is 0 Å². The molecule has 4 rings (SSSR count). The highest BCUT2D eigenvalue weighted by atomic mass is 16.5. The molecule has 2 fully saturated rings. The summed E-state index contributed by atoms with van der Waals surface area (Å²) in [5, 5.41) is 0. The van der Waals surface area contributed by atoms with Gasteiger partial charge in [0, 0.05) is 11.5 Å². The van der Waals surface area contributed by atoms with E-state index >= 15 is 0 Å². The third-order valence-electron chi connectivity index (χ3n) is 6.54. The van der Waals surface area contributed by atoms with Crippen molar-refractivity contribution in [2.75, 3.05) is 20.7 Å². The Balaban J connectivity index is 1.89. The molecule has 2 aliphatic carbocycles. The van der Waals surface area contributed by atoms with E-state index in [0.717, 1.165) is 17.7 Å². The van der Waals surface area contributed by atoms with Crippen molar-refractivity contribution in [3.8, 4) is 5.75 Å². The first-order valence-electron chi connectivity index (χ1n) is 8.62. The molecule has 1 saturated heterocycles. The van der Waals surface area contributed by atoms with Gasteiger partial charge in [0.2, 0.25) is 0 Å². The summed E-state index contributed by atoms with van der Waals surface area (Å²) in [5.41, 5.74) is 3.67. The zero-order chi connectivity index (χ0) is 14.4. The third kappa shape index (κ3) is 1.95. The second-order valence-corrected chi connectivity index (χ2v) is 7.39. The molecule has 1 aromatic carbocycles. The van der Waals surface area contributed by atoms with Gasteiger partial charge in [-0.25, -0.2) is 0 Å². The molecule has 0 N–H and O–H groups in total. The van der Waals surface area contributed by atoms with E-state index < -0.39 is 0 Å². The van der Waals surface area contributed by atoms with E-state index in [2.05, 4.69) is 30.1 Å². The first-order valence-corrected chi connectivity index (χ1v) is 8.62. The lowest BCUT2D eigenvalue weighted by Gasteiger charge is -2.52. The van der Waals surface area contributed by atoms with Crippen molar-refractivity contribution in [1.29, 1.82) is 0 Å². The molecule has 2 heteroatoms. The predicted octanol–water partition coefficient (Wildman–Crippen LogP) is 3.77. The van der Waals surface area contributed by atoms with Crippen LogP contribution in [0.5, 0.6) is 5.75 Å². The second-order valence-electron chi connectivity index (χ2n) is 7.39. The standard InChI is InChI=1S/C19H27NO/c1-20-11-5-10-19-9-4-3-6-16(19)18(20)12-14-7-8-15(21-2)13-17(14)19/h7-8,13,16,18H,3-6,9-12H2,1-2H3/t16-,18-,19-/m0/s1. The summed E-state index contributed by atoms with van der Waals surface area (Å²) >= 11 is 0. The number of nitrogens with zero attached hydrogens (tertiary/aromatic N) is 1. The molecule has 0 radical (unpaired) electrons. The summed E-state index contributed by atoms with van der Waals surface area (Å²) in [5.74, 6) is 1.90. The number of ether oxygens (including phenoxy) is 1. The number of likely N-dealkylation sites (tertiary alicyclic amines) is 1. The number of methoxy groups -OCH3 is 1. The van der Waals surface area contributed by atoms with Crippen LogP contribution in [0.4, 0.5) is 0 Å². The molecule has 2 nitrogen and oxygen atoms in total. The molecule has 1 aliphatic heterocycles. The highest BCUT2D eigenvalue weighted by Gasteiger charge is 2.51.